The number of thioether (sulfide) groups is 1. The first-order valence-electron chi connectivity index (χ1n) is 5.79. The van der Waals surface area contributed by atoms with E-state index in [-0.39, 0.29) is 11.8 Å². The average Bonchev–Trinajstić information content (AvgIpc) is 2.82. The maximum atomic E-state index is 13.5. The van der Waals surface area contributed by atoms with Crippen molar-refractivity contribution in [1.82, 2.24) is 4.72 Å². The lowest BCUT2D eigenvalue weighted by molar-refractivity contribution is 0.0734. The molecule has 0 unspecified atom stereocenters. The van der Waals surface area contributed by atoms with E-state index >= 15 is 0 Å². The fourth-order valence-electron chi connectivity index (χ4n) is 1.82. The third-order valence-corrected chi connectivity index (χ3v) is 5.67. The van der Waals surface area contributed by atoms with Crippen LogP contribution in [0, 0.1) is 23.3 Å². The number of benzene rings is 1. The van der Waals surface area contributed by atoms with E-state index in [1.807, 2.05) is 0 Å². The summed E-state index contributed by atoms with van der Waals surface area (Å²) in [5, 5.41) is 9.97. The molecule has 0 amide bonds. The van der Waals surface area contributed by atoms with Crippen LogP contribution in [0.2, 0.25) is 0 Å². The van der Waals surface area contributed by atoms with Crippen LogP contribution in [0.15, 0.2) is 11.0 Å². The molecule has 1 aliphatic heterocycles. The summed E-state index contributed by atoms with van der Waals surface area (Å²) in [6.07, 6.45) is 0.294. The van der Waals surface area contributed by atoms with Crippen molar-refractivity contribution in [3.8, 4) is 0 Å². The van der Waals surface area contributed by atoms with Crippen LogP contribution in [-0.4, -0.2) is 37.2 Å². The molecule has 1 atom stereocenters. The molecule has 0 saturated carbocycles. The predicted octanol–water partition coefficient (Wildman–Crippen LogP) is 1.39. The Hall–Kier alpha value is -0.840. The van der Waals surface area contributed by atoms with Crippen molar-refractivity contribution in [2.45, 2.75) is 16.9 Å². The van der Waals surface area contributed by atoms with Crippen LogP contribution in [0.1, 0.15) is 6.42 Å². The zero-order valence-corrected chi connectivity index (χ0v) is 12.1. The van der Waals surface area contributed by atoms with Gasteiger partial charge in [-0.05, 0) is 12.2 Å². The van der Waals surface area contributed by atoms with E-state index in [1.165, 1.54) is 11.8 Å². The second kappa shape index (κ2) is 5.75. The van der Waals surface area contributed by atoms with Crippen LogP contribution in [0.25, 0.3) is 0 Å². The molecule has 1 aromatic carbocycles. The predicted molar refractivity (Wildman–Crippen MR) is 68.4 cm³/mol. The standard InChI is InChI=1S/C11H11F4NO3S2/c12-6-3-7(13)9(15)10(8(6)14)21(18,19)16-4-11(17)1-2-20-5-11/h3,16-17H,1-2,4-5H2/t11-/m1/s1. The first-order chi connectivity index (χ1) is 9.66. The highest BCUT2D eigenvalue weighted by Crippen LogP contribution is 2.28. The number of aliphatic hydroxyl groups is 1. The molecule has 0 spiro atoms. The summed E-state index contributed by atoms with van der Waals surface area (Å²) >= 11 is 1.39. The van der Waals surface area contributed by atoms with Crippen LogP contribution < -0.4 is 4.72 Å². The zero-order valence-electron chi connectivity index (χ0n) is 10.5. The fourth-order valence-corrected chi connectivity index (χ4v) is 4.39. The lowest BCUT2D eigenvalue weighted by Gasteiger charge is -2.21. The monoisotopic (exact) mass is 345 g/mol. The molecule has 0 bridgehead atoms. The number of sulfonamides is 1. The maximum Gasteiger partial charge on any atom is 0.246 e. The molecule has 21 heavy (non-hydrogen) atoms. The molecule has 1 heterocycles. The summed E-state index contributed by atoms with van der Waals surface area (Å²) in [7, 11) is -4.84. The minimum absolute atomic E-state index is 0.0785. The smallest absolute Gasteiger partial charge is 0.246 e. The molecule has 10 heteroatoms. The van der Waals surface area contributed by atoms with E-state index < -0.39 is 50.3 Å². The molecule has 118 valence electrons. The van der Waals surface area contributed by atoms with Gasteiger partial charge in [0.1, 0.15) is 0 Å². The van der Waals surface area contributed by atoms with Crippen molar-refractivity contribution >= 4 is 21.8 Å². The Morgan fingerprint density at radius 3 is 2.29 bits per heavy atom. The quantitative estimate of drug-likeness (QED) is 0.639. The first-order valence-corrected chi connectivity index (χ1v) is 8.43. The van der Waals surface area contributed by atoms with Gasteiger partial charge in [0.25, 0.3) is 0 Å². The molecule has 1 fully saturated rings. The van der Waals surface area contributed by atoms with E-state index in [2.05, 4.69) is 0 Å². The second-order valence-electron chi connectivity index (χ2n) is 4.65. The molecule has 4 nitrogen and oxygen atoms in total. The van der Waals surface area contributed by atoms with Crippen LogP contribution in [0.4, 0.5) is 17.6 Å². The highest BCUT2D eigenvalue weighted by Gasteiger charge is 2.35. The van der Waals surface area contributed by atoms with Gasteiger partial charge in [-0.3, -0.25) is 0 Å². The van der Waals surface area contributed by atoms with Crippen molar-refractivity contribution in [2.75, 3.05) is 18.1 Å². The maximum absolute atomic E-state index is 13.5. The Morgan fingerprint density at radius 2 is 1.81 bits per heavy atom. The van der Waals surface area contributed by atoms with Gasteiger partial charge in [0, 0.05) is 18.4 Å². The van der Waals surface area contributed by atoms with E-state index in [4.69, 9.17) is 0 Å². The van der Waals surface area contributed by atoms with E-state index in [0.29, 0.717) is 12.2 Å². The van der Waals surface area contributed by atoms with Crippen molar-refractivity contribution in [3.63, 3.8) is 0 Å². The highest BCUT2D eigenvalue weighted by atomic mass is 32.2. The Morgan fingerprint density at radius 1 is 1.24 bits per heavy atom. The summed E-state index contributed by atoms with van der Waals surface area (Å²) in [4.78, 5) is -1.73. The highest BCUT2D eigenvalue weighted by molar-refractivity contribution is 7.99. The van der Waals surface area contributed by atoms with Gasteiger partial charge >= 0.3 is 0 Å². The lowest BCUT2D eigenvalue weighted by Crippen LogP contribution is -2.43. The fraction of sp³-hybridized carbons (Fsp3) is 0.455. The average molecular weight is 345 g/mol. The molecule has 1 aliphatic rings. The second-order valence-corrected chi connectivity index (χ2v) is 7.46. The number of nitrogens with one attached hydrogen (secondary N) is 1. The van der Waals surface area contributed by atoms with Crippen molar-refractivity contribution < 1.29 is 31.1 Å². The Bertz CT molecular complexity index is 634. The molecular formula is C11H11F4NO3S2. The molecule has 2 N–H and O–H groups in total. The molecule has 0 aliphatic carbocycles. The Kier molecular flexibility index (Phi) is 4.52. The van der Waals surface area contributed by atoms with Crippen molar-refractivity contribution in [3.05, 3.63) is 29.3 Å². The molecule has 0 aromatic heterocycles. The van der Waals surface area contributed by atoms with E-state index in [9.17, 15) is 31.1 Å². The van der Waals surface area contributed by atoms with Crippen LogP contribution in [0.5, 0.6) is 0 Å². The lowest BCUT2D eigenvalue weighted by atomic mass is 10.1. The van der Waals surface area contributed by atoms with Gasteiger partial charge in [0.2, 0.25) is 10.0 Å². The van der Waals surface area contributed by atoms with Gasteiger partial charge in [-0.15, -0.1) is 0 Å². The van der Waals surface area contributed by atoms with Crippen LogP contribution in [0.3, 0.4) is 0 Å². The van der Waals surface area contributed by atoms with Gasteiger partial charge in [0.05, 0.1) is 5.60 Å². The summed E-state index contributed by atoms with van der Waals surface area (Å²) in [6.45, 7) is -0.501. The van der Waals surface area contributed by atoms with Gasteiger partial charge in [0.15, 0.2) is 28.2 Å². The number of hydrogen-bond acceptors (Lipinski definition) is 4. The molecular weight excluding hydrogens is 334 g/mol. The van der Waals surface area contributed by atoms with Gasteiger partial charge < -0.3 is 5.11 Å². The van der Waals surface area contributed by atoms with Gasteiger partial charge in [-0.25, -0.2) is 30.7 Å². The van der Waals surface area contributed by atoms with Crippen LogP contribution >= 0.6 is 11.8 Å². The van der Waals surface area contributed by atoms with Gasteiger partial charge in [-0.2, -0.15) is 11.8 Å². The zero-order chi connectivity index (χ0) is 15.8. The van der Waals surface area contributed by atoms with Crippen molar-refractivity contribution in [2.24, 2.45) is 0 Å². The Balaban J connectivity index is 2.32. The summed E-state index contributed by atoms with van der Waals surface area (Å²) in [5.74, 6) is -6.79. The normalized spacial score (nSPS) is 22.7. The molecule has 1 aromatic rings. The first kappa shape index (κ1) is 16.5. The van der Waals surface area contributed by atoms with Crippen molar-refractivity contribution in [1.29, 1.82) is 0 Å². The number of halogens is 4. The molecule has 0 radical (unpaired) electrons. The van der Waals surface area contributed by atoms with E-state index in [1.54, 1.807) is 4.72 Å². The number of rotatable bonds is 4. The minimum atomic E-state index is -4.84. The summed E-state index contributed by atoms with van der Waals surface area (Å²) < 4.78 is 78.5. The molecule has 2 rings (SSSR count). The topological polar surface area (TPSA) is 66.4 Å². The van der Waals surface area contributed by atoms with Crippen LogP contribution in [-0.2, 0) is 10.0 Å². The van der Waals surface area contributed by atoms with E-state index in [0.717, 1.165) is 0 Å². The van der Waals surface area contributed by atoms with Gasteiger partial charge in [-0.1, -0.05) is 0 Å². The number of hydrogen-bond donors (Lipinski definition) is 2. The summed E-state index contributed by atoms with van der Waals surface area (Å²) in [6, 6.07) is -0.0785. The minimum Gasteiger partial charge on any atom is -0.388 e. The third-order valence-electron chi connectivity index (χ3n) is 3.01. The Labute approximate surface area is 122 Å². The third kappa shape index (κ3) is 3.33. The summed E-state index contributed by atoms with van der Waals surface area (Å²) in [5.41, 5.74) is -1.35. The molecule has 1 saturated heterocycles. The largest absolute Gasteiger partial charge is 0.388 e. The SMILES string of the molecule is O=S(=O)(NC[C@]1(O)CCSC1)c1c(F)c(F)cc(F)c1F.